The van der Waals surface area contributed by atoms with Crippen molar-refractivity contribution in [3.8, 4) is 10.4 Å². The molecule has 4 rings (SSSR count). The number of nitrogens with zero attached hydrogens (tertiary/aromatic N) is 4. The molecule has 3 heterocycles. The van der Waals surface area contributed by atoms with E-state index in [0.29, 0.717) is 38.4 Å². The molecule has 2 aromatic heterocycles. The van der Waals surface area contributed by atoms with E-state index in [1.165, 1.54) is 4.88 Å². The van der Waals surface area contributed by atoms with E-state index in [-0.39, 0.29) is 17.7 Å². The van der Waals surface area contributed by atoms with Crippen molar-refractivity contribution in [3.05, 3.63) is 78.2 Å². The van der Waals surface area contributed by atoms with Crippen molar-refractivity contribution in [3.63, 3.8) is 0 Å². The van der Waals surface area contributed by atoms with Gasteiger partial charge in [-0.15, -0.1) is 17.9 Å². The summed E-state index contributed by atoms with van der Waals surface area (Å²) in [5.74, 6) is -0.0107. The van der Waals surface area contributed by atoms with Crippen LogP contribution in [0, 0.1) is 5.92 Å². The van der Waals surface area contributed by atoms with Gasteiger partial charge in [0.1, 0.15) is 0 Å². The molecule has 1 aromatic carbocycles. The average molecular weight is 435 g/mol. The molecule has 7 heteroatoms. The topological polar surface area (TPSA) is 58.4 Å². The average Bonchev–Trinajstić information content (AvgIpc) is 3.43. The number of benzene rings is 1. The molecule has 0 bridgehead atoms. The van der Waals surface area contributed by atoms with Crippen LogP contribution in [-0.2, 0) is 18.3 Å². The van der Waals surface area contributed by atoms with Crippen LogP contribution < -0.4 is 0 Å². The molecule has 0 aliphatic carbocycles. The summed E-state index contributed by atoms with van der Waals surface area (Å²) in [6.07, 6.45) is 5.69. The second-order valence-corrected chi connectivity index (χ2v) is 8.67. The first kappa shape index (κ1) is 21.1. The van der Waals surface area contributed by atoms with Gasteiger partial charge in [0, 0.05) is 50.5 Å². The zero-order valence-electron chi connectivity index (χ0n) is 17.6. The van der Waals surface area contributed by atoms with Crippen LogP contribution in [0.15, 0.2) is 66.8 Å². The molecule has 0 N–H and O–H groups in total. The lowest BCUT2D eigenvalue weighted by atomic mass is 9.93. The van der Waals surface area contributed by atoms with Gasteiger partial charge in [-0.2, -0.15) is 0 Å². The molecule has 3 aromatic rings. The van der Waals surface area contributed by atoms with E-state index in [9.17, 15) is 9.59 Å². The summed E-state index contributed by atoms with van der Waals surface area (Å²) < 4.78 is 1.72. The Bertz CT molecular complexity index is 1070. The smallest absolute Gasteiger partial charge is 0.289 e. The molecular formula is C24H26N4O2S. The van der Waals surface area contributed by atoms with Gasteiger partial charge in [0.2, 0.25) is 5.91 Å². The second-order valence-electron chi connectivity index (χ2n) is 7.72. The standard InChI is InChI=1S/C24H26N4O2S/c1-3-11-27-13-14-28(24(30)22-25-10-12-26(22)2)17-19(23(27)29)16-18-7-4-5-8-20(18)21-9-6-15-31-21/h3-10,12,15,19H,1,11,13-14,16-17H2,2H3. The number of carbonyl (C=O) groups excluding carboxylic acids is 2. The maximum atomic E-state index is 13.4. The highest BCUT2D eigenvalue weighted by Gasteiger charge is 2.33. The van der Waals surface area contributed by atoms with Crippen molar-refractivity contribution in [2.45, 2.75) is 6.42 Å². The summed E-state index contributed by atoms with van der Waals surface area (Å²) in [6.45, 7) is 5.62. The molecule has 0 radical (unpaired) electrons. The quantitative estimate of drug-likeness (QED) is 0.558. The molecule has 1 fully saturated rings. The van der Waals surface area contributed by atoms with Crippen LogP contribution >= 0.6 is 11.3 Å². The first-order valence-corrected chi connectivity index (χ1v) is 11.2. The fourth-order valence-corrected chi connectivity index (χ4v) is 4.85. The molecule has 31 heavy (non-hydrogen) atoms. The Hall–Kier alpha value is -3.19. The third-order valence-corrected chi connectivity index (χ3v) is 6.56. The molecule has 1 aliphatic rings. The highest BCUT2D eigenvalue weighted by molar-refractivity contribution is 7.13. The number of aromatic nitrogens is 2. The Morgan fingerprint density at radius 2 is 2.10 bits per heavy atom. The van der Waals surface area contributed by atoms with Crippen molar-refractivity contribution in [2.75, 3.05) is 26.2 Å². The number of amides is 2. The van der Waals surface area contributed by atoms with Gasteiger partial charge >= 0.3 is 0 Å². The lowest BCUT2D eigenvalue weighted by molar-refractivity contribution is -0.134. The van der Waals surface area contributed by atoms with Gasteiger partial charge in [-0.05, 0) is 29.0 Å². The van der Waals surface area contributed by atoms with E-state index in [2.05, 4.69) is 35.1 Å². The maximum absolute atomic E-state index is 13.4. The number of hydrogen-bond donors (Lipinski definition) is 0. The minimum absolute atomic E-state index is 0.0658. The van der Waals surface area contributed by atoms with Crippen LogP contribution in [0.2, 0.25) is 0 Å². The van der Waals surface area contributed by atoms with E-state index in [0.717, 1.165) is 11.1 Å². The van der Waals surface area contributed by atoms with Gasteiger partial charge in [-0.25, -0.2) is 4.98 Å². The lowest BCUT2D eigenvalue weighted by Crippen LogP contribution is -2.38. The number of thiophene rings is 1. The normalized spacial score (nSPS) is 16.9. The van der Waals surface area contributed by atoms with Crippen molar-refractivity contribution < 1.29 is 9.59 Å². The highest BCUT2D eigenvalue weighted by atomic mass is 32.1. The Kier molecular flexibility index (Phi) is 6.32. The highest BCUT2D eigenvalue weighted by Crippen LogP contribution is 2.30. The lowest BCUT2D eigenvalue weighted by Gasteiger charge is -2.24. The van der Waals surface area contributed by atoms with E-state index < -0.39 is 0 Å². The molecule has 2 amide bonds. The molecule has 160 valence electrons. The number of hydrogen-bond acceptors (Lipinski definition) is 4. The Balaban J connectivity index is 1.64. The third kappa shape index (κ3) is 4.46. The molecule has 0 saturated carbocycles. The largest absolute Gasteiger partial charge is 0.337 e. The third-order valence-electron chi connectivity index (χ3n) is 5.66. The first-order valence-electron chi connectivity index (χ1n) is 10.4. The van der Waals surface area contributed by atoms with Crippen LogP contribution in [0.1, 0.15) is 16.2 Å². The van der Waals surface area contributed by atoms with Gasteiger partial charge in [-0.1, -0.05) is 36.4 Å². The first-order chi connectivity index (χ1) is 15.1. The number of carbonyl (C=O) groups is 2. The summed E-state index contributed by atoms with van der Waals surface area (Å²) in [7, 11) is 1.81. The molecule has 1 saturated heterocycles. The molecule has 0 spiro atoms. The number of rotatable bonds is 6. The Morgan fingerprint density at radius 3 is 2.81 bits per heavy atom. The number of imidazole rings is 1. The summed E-state index contributed by atoms with van der Waals surface area (Å²) in [5.41, 5.74) is 2.26. The molecule has 6 nitrogen and oxygen atoms in total. The van der Waals surface area contributed by atoms with Gasteiger partial charge in [0.05, 0.1) is 5.92 Å². The zero-order valence-corrected chi connectivity index (χ0v) is 18.4. The Labute approximate surface area is 186 Å². The zero-order chi connectivity index (χ0) is 21.8. The SMILES string of the molecule is C=CCN1CCN(C(=O)c2nccn2C)CC(Cc2ccccc2-c2cccs2)C1=O. The van der Waals surface area contributed by atoms with Crippen LogP contribution in [-0.4, -0.2) is 57.3 Å². The molecule has 1 atom stereocenters. The fourth-order valence-electron chi connectivity index (χ4n) is 4.07. The second kappa shape index (κ2) is 9.31. The van der Waals surface area contributed by atoms with E-state index >= 15 is 0 Å². The van der Waals surface area contributed by atoms with Crippen LogP contribution in [0.25, 0.3) is 10.4 Å². The van der Waals surface area contributed by atoms with E-state index in [1.807, 2.05) is 25.2 Å². The summed E-state index contributed by atoms with van der Waals surface area (Å²) in [6, 6.07) is 12.3. The van der Waals surface area contributed by atoms with E-state index in [1.54, 1.807) is 44.2 Å². The minimum Gasteiger partial charge on any atom is -0.337 e. The van der Waals surface area contributed by atoms with Gasteiger partial charge in [-0.3, -0.25) is 9.59 Å². The number of aryl methyl sites for hydroxylation is 1. The van der Waals surface area contributed by atoms with Crippen LogP contribution in [0.3, 0.4) is 0 Å². The van der Waals surface area contributed by atoms with Crippen molar-refractivity contribution in [1.82, 2.24) is 19.4 Å². The minimum atomic E-state index is -0.326. The van der Waals surface area contributed by atoms with E-state index in [4.69, 9.17) is 0 Å². The van der Waals surface area contributed by atoms with Crippen molar-refractivity contribution in [2.24, 2.45) is 13.0 Å². The van der Waals surface area contributed by atoms with Gasteiger partial charge < -0.3 is 14.4 Å². The molecular weight excluding hydrogens is 408 g/mol. The summed E-state index contributed by atoms with van der Waals surface area (Å²) in [4.78, 5) is 35.5. The fraction of sp³-hybridized carbons (Fsp3) is 0.292. The van der Waals surface area contributed by atoms with Crippen molar-refractivity contribution in [1.29, 1.82) is 0 Å². The van der Waals surface area contributed by atoms with Gasteiger partial charge in [0.15, 0.2) is 5.82 Å². The molecule has 1 aliphatic heterocycles. The maximum Gasteiger partial charge on any atom is 0.289 e. The predicted molar refractivity (Wildman–Crippen MR) is 123 cm³/mol. The molecule has 1 unspecified atom stereocenters. The monoisotopic (exact) mass is 434 g/mol. The Morgan fingerprint density at radius 1 is 1.26 bits per heavy atom. The summed E-state index contributed by atoms with van der Waals surface area (Å²) >= 11 is 1.69. The van der Waals surface area contributed by atoms with Crippen LogP contribution in [0.4, 0.5) is 0 Å². The van der Waals surface area contributed by atoms with Crippen LogP contribution in [0.5, 0.6) is 0 Å². The van der Waals surface area contributed by atoms with Crippen molar-refractivity contribution >= 4 is 23.2 Å². The predicted octanol–water partition coefficient (Wildman–Crippen LogP) is 3.48. The van der Waals surface area contributed by atoms with Gasteiger partial charge in [0.25, 0.3) is 5.91 Å². The summed E-state index contributed by atoms with van der Waals surface area (Å²) in [5, 5.41) is 2.06.